The van der Waals surface area contributed by atoms with Crippen molar-refractivity contribution in [2.24, 2.45) is 0 Å². The van der Waals surface area contributed by atoms with Crippen LogP contribution < -0.4 is 4.90 Å². The van der Waals surface area contributed by atoms with Gasteiger partial charge >= 0.3 is 0 Å². The third kappa shape index (κ3) is 3.86. The van der Waals surface area contributed by atoms with Gasteiger partial charge in [-0.15, -0.1) is 11.3 Å². The Labute approximate surface area is 252 Å². The summed E-state index contributed by atoms with van der Waals surface area (Å²) in [6, 6.07) is 54.3. The molecular weight excluding hydrogens is 543 g/mol. The number of thiophene rings is 1. The fourth-order valence-electron chi connectivity index (χ4n) is 6.43. The van der Waals surface area contributed by atoms with Gasteiger partial charge in [-0.25, -0.2) is 0 Å². The fourth-order valence-corrected chi connectivity index (χ4v) is 7.51. The molecule has 0 spiro atoms. The van der Waals surface area contributed by atoms with Gasteiger partial charge < -0.3 is 9.32 Å². The lowest BCUT2D eigenvalue weighted by atomic mass is 10.0. The van der Waals surface area contributed by atoms with Crippen LogP contribution >= 0.6 is 11.3 Å². The van der Waals surface area contributed by atoms with Crippen LogP contribution in [0.5, 0.6) is 0 Å². The van der Waals surface area contributed by atoms with Crippen molar-refractivity contribution in [3.8, 4) is 11.1 Å². The minimum absolute atomic E-state index is 0.885. The van der Waals surface area contributed by atoms with Crippen LogP contribution in [-0.4, -0.2) is 0 Å². The molecule has 0 amide bonds. The van der Waals surface area contributed by atoms with E-state index in [-0.39, 0.29) is 0 Å². The van der Waals surface area contributed by atoms with Gasteiger partial charge in [0.2, 0.25) is 0 Å². The highest BCUT2D eigenvalue weighted by Crippen LogP contribution is 2.44. The molecule has 2 aromatic heterocycles. The number of rotatable bonds is 4. The van der Waals surface area contributed by atoms with Crippen LogP contribution in [0, 0.1) is 0 Å². The van der Waals surface area contributed by atoms with Crippen molar-refractivity contribution in [1.29, 1.82) is 0 Å². The van der Waals surface area contributed by atoms with Crippen molar-refractivity contribution in [3.05, 3.63) is 152 Å². The first-order chi connectivity index (χ1) is 21.3. The van der Waals surface area contributed by atoms with Crippen LogP contribution in [0.3, 0.4) is 0 Å². The fraction of sp³-hybridized carbons (Fsp3) is 0. The van der Waals surface area contributed by atoms with Crippen molar-refractivity contribution >= 4 is 81.3 Å². The summed E-state index contributed by atoms with van der Waals surface area (Å²) < 4.78 is 9.19. The number of benzene rings is 7. The zero-order chi connectivity index (χ0) is 28.3. The summed E-state index contributed by atoms with van der Waals surface area (Å²) in [5.74, 6) is 0. The maximum Gasteiger partial charge on any atom is 0.159 e. The van der Waals surface area contributed by atoms with E-state index in [1.165, 1.54) is 42.1 Å². The summed E-state index contributed by atoms with van der Waals surface area (Å²) in [6.07, 6.45) is 0. The van der Waals surface area contributed by atoms with E-state index in [4.69, 9.17) is 4.42 Å². The second-order valence-electron chi connectivity index (χ2n) is 10.9. The van der Waals surface area contributed by atoms with E-state index in [1.807, 2.05) is 23.5 Å². The van der Waals surface area contributed by atoms with Crippen molar-refractivity contribution < 1.29 is 4.42 Å². The molecule has 7 aromatic carbocycles. The molecule has 0 aliphatic heterocycles. The predicted molar refractivity (Wildman–Crippen MR) is 184 cm³/mol. The number of nitrogens with zero attached hydrogens (tertiary/aromatic N) is 1. The van der Waals surface area contributed by atoms with Crippen molar-refractivity contribution in [2.75, 3.05) is 4.90 Å². The smallest absolute Gasteiger partial charge is 0.159 e. The molecule has 2 nitrogen and oxygen atoms in total. The van der Waals surface area contributed by atoms with Gasteiger partial charge in [-0.3, -0.25) is 0 Å². The standard InChI is InChI=1S/C40H25NOS/c1-2-11-30-27(9-1)10-7-15-35(30)41(36-16-8-14-33-31-12-3-5-17-37(31)42-40(33)36)29-22-19-26(20-23-29)28-21-24-39-34(25-28)32-13-4-6-18-38(32)43-39/h1-25H. The number of hydrogen-bond donors (Lipinski definition) is 0. The van der Waals surface area contributed by atoms with E-state index >= 15 is 0 Å². The summed E-state index contributed by atoms with van der Waals surface area (Å²) in [7, 11) is 0. The van der Waals surface area contributed by atoms with Crippen LogP contribution in [-0.2, 0) is 0 Å². The molecule has 0 saturated heterocycles. The molecule has 0 bridgehead atoms. The molecule has 0 unspecified atom stereocenters. The van der Waals surface area contributed by atoms with Gasteiger partial charge in [0.15, 0.2) is 5.58 Å². The molecule has 9 aromatic rings. The van der Waals surface area contributed by atoms with Crippen molar-refractivity contribution in [1.82, 2.24) is 0 Å². The first-order valence-electron chi connectivity index (χ1n) is 14.5. The Morgan fingerprint density at radius 3 is 2.00 bits per heavy atom. The number of hydrogen-bond acceptors (Lipinski definition) is 3. The molecular formula is C40H25NOS. The lowest BCUT2D eigenvalue weighted by Gasteiger charge is -2.27. The largest absolute Gasteiger partial charge is 0.454 e. The molecule has 2 heterocycles. The SMILES string of the molecule is c1ccc2c(N(c3ccc(-c4ccc5sc6ccccc6c5c4)cc3)c3cccc4c3oc3ccccc34)cccc2c1. The Morgan fingerprint density at radius 2 is 1.09 bits per heavy atom. The van der Waals surface area contributed by atoms with Gasteiger partial charge in [-0.1, -0.05) is 103 Å². The molecule has 0 fully saturated rings. The van der Waals surface area contributed by atoms with Gasteiger partial charge in [-0.05, 0) is 65.0 Å². The van der Waals surface area contributed by atoms with Crippen LogP contribution in [0.2, 0.25) is 0 Å². The van der Waals surface area contributed by atoms with E-state index in [9.17, 15) is 0 Å². The maximum atomic E-state index is 6.54. The average Bonchev–Trinajstić information content (AvgIpc) is 3.64. The molecule has 0 N–H and O–H groups in total. The van der Waals surface area contributed by atoms with Gasteiger partial charge in [0.05, 0.1) is 11.4 Å². The summed E-state index contributed by atoms with van der Waals surface area (Å²) in [5, 5.41) is 7.28. The first-order valence-corrected chi connectivity index (χ1v) is 15.3. The zero-order valence-corrected chi connectivity index (χ0v) is 24.0. The summed E-state index contributed by atoms with van der Waals surface area (Å²) in [6.45, 7) is 0. The minimum Gasteiger partial charge on any atom is -0.454 e. The lowest BCUT2D eigenvalue weighted by molar-refractivity contribution is 0.669. The predicted octanol–water partition coefficient (Wildman–Crippen LogP) is 12.2. The van der Waals surface area contributed by atoms with Crippen LogP contribution in [0.1, 0.15) is 0 Å². The number of para-hydroxylation sites is 2. The second kappa shape index (κ2) is 9.59. The number of furan rings is 1. The average molecular weight is 568 g/mol. The minimum atomic E-state index is 0.885. The van der Waals surface area contributed by atoms with Crippen molar-refractivity contribution in [3.63, 3.8) is 0 Å². The molecule has 0 radical (unpaired) electrons. The summed E-state index contributed by atoms with van der Waals surface area (Å²) >= 11 is 1.85. The summed E-state index contributed by atoms with van der Waals surface area (Å²) in [5.41, 5.74) is 7.41. The molecule has 9 rings (SSSR count). The molecule has 202 valence electrons. The summed E-state index contributed by atoms with van der Waals surface area (Å²) in [4.78, 5) is 2.34. The Morgan fingerprint density at radius 1 is 0.442 bits per heavy atom. The van der Waals surface area contributed by atoms with Crippen LogP contribution in [0.15, 0.2) is 156 Å². The third-order valence-electron chi connectivity index (χ3n) is 8.47. The molecule has 0 saturated carbocycles. The number of anilines is 3. The van der Waals surface area contributed by atoms with Gasteiger partial charge in [-0.2, -0.15) is 0 Å². The van der Waals surface area contributed by atoms with E-state index in [2.05, 4.69) is 144 Å². The molecule has 0 aliphatic carbocycles. The topological polar surface area (TPSA) is 16.4 Å². The molecule has 43 heavy (non-hydrogen) atoms. The Bertz CT molecular complexity index is 2460. The van der Waals surface area contributed by atoms with E-state index in [0.29, 0.717) is 0 Å². The highest BCUT2D eigenvalue weighted by Gasteiger charge is 2.21. The van der Waals surface area contributed by atoms with Gasteiger partial charge in [0.25, 0.3) is 0 Å². The molecule has 0 aliphatic rings. The van der Waals surface area contributed by atoms with Gasteiger partial charge in [0.1, 0.15) is 5.58 Å². The maximum absolute atomic E-state index is 6.54. The third-order valence-corrected chi connectivity index (χ3v) is 9.62. The highest BCUT2D eigenvalue weighted by molar-refractivity contribution is 7.25. The van der Waals surface area contributed by atoms with Crippen LogP contribution in [0.25, 0.3) is 64.0 Å². The second-order valence-corrected chi connectivity index (χ2v) is 12.0. The van der Waals surface area contributed by atoms with E-state index in [1.54, 1.807) is 0 Å². The van der Waals surface area contributed by atoms with Crippen LogP contribution in [0.4, 0.5) is 17.1 Å². The highest BCUT2D eigenvalue weighted by atomic mass is 32.1. The Hall–Kier alpha value is -5.38. The monoisotopic (exact) mass is 567 g/mol. The quantitative estimate of drug-likeness (QED) is 0.210. The van der Waals surface area contributed by atoms with E-state index in [0.717, 1.165) is 39.0 Å². The molecule has 0 atom stereocenters. The van der Waals surface area contributed by atoms with E-state index < -0.39 is 0 Å². The molecule has 3 heteroatoms. The van der Waals surface area contributed by atoms with Crippen molar-refractivity contribution in [2.45, 2.75) is 0 Å². The first kappa shape index (κ1) is 24.2. The number of fused-ring (bicyclic) bond motifs is 7. The Balaban J connectivity index is 1.23. The zero-order valence-electron chi connectivity index (χ0n) is 23.2. The Kier molecular flexibility index (Phi) is 5.40. The van der Waals surface area contributed by atoms with Gasteiger partial charge in [0, 0.05) is 42.0 Å². The normalized spacial score (nSPS) is 11.7. The lowest BCUT2D eigenvalue weighted by Crippen LogP contribution is -2.10.